The average molecular weight is 291 g/mol. The van der Waals surface area contributed by atoms with Gasteiger partial charge in [0.05, 0.1) is 14.2 Å². The highest BCUT2D eigenvalue weighted by Crippen LogP contribution is 2.28. The van der Waals surface area contributed by atoms with Gasteiger partial charge in [0.15, 0.2) is 0 Å². The maximum absolute atomic E-state index is 12.6. The zero-order valence-corrected chi connectivity index (χ0v) is 11.9. The molecule has 1 aromatic rings. The van der Waals surface area contributed by atoms with Crippen LogP contribution in [0.25, 0.3) is 0 Å². The Kier molecular flexibility index (Phi) is 4.57. The molecule has 2 rings (SSSR count). The van der Waals surface area contributed by atoms with E-state index in [9.17, 15) is 14.4 Å². The highest BCUT2D eigenvalue weighted by atomic mass is 16.5. The topological polar surface area (TPSA) is 72.9 Å². The molecule has 0 aliphatic carbocycles. The van der Waals surface area contributed by atoms with Crippen molar-refractivity contribution < 1.29 is 23.9 Å². The first-order valence-electron chi connectivity index (χ1n) is 6.63. The van der Waals surface area contributed by atoms with E-state index in [0.717, 1.165) is 0 Å². The van der Waals surface area contributed by atoms with Crippen molar-refractivity contribution in [1.82, 2.24) is 4.90 Å². The van der Waals surface area contributed by atoms with E-state index in [1.165, 1.54) is 19.1 Å². The third-order valence-electron chi connectivity index (χ3n) is 3.59. The van der Waals surface area contributed by atoms with Crippen LogP contribution in [0, 0.1) is 0 Å². The quantitative estimate of drug-likeness (QED) is 0.777. The summed E-state index contributed by atoms with van der Waals surface area (Å²) in [5, 5.41) is 0. The number of esters is 2. The molecule has 6 heteroatoms. The lowest BCUT2D eigenvalue weighted by molar-refractivity contribution is -0.149. The normalized spacial score (nSPS) is 21.0. The van der Waals surface area contributed by atoms with Crippen LogP contribution in [-0.2, 0) is 19.1 Å². The third-order valence-corrected chi connectivity index (χ3v) is 3.59. The summed E-state index contributed by atoms with van der Waals surface area (Å²) in [6.45, 7) is 0. The lowest BCUT2D eigenvalue weighted by Gasteiger charge is -2.27. The molecule has 0 aromatic heterocycles. The molecule has 1 aliphatic rings. The maximum Gasteiger partial charge on any atom is 0.328 e. The number of nitrogens with zero attached hydrogens (tertiary/aromatic N) is 1. The van der Waals surface area contributed by atoms with E-state index in [-0.39, 0.29) is 5.91 Å². The molecule has 0 saturated carbocycles. The Morgan fingerprint density at radius 1 is 0.952 bits per heavy atom. The molecule has 1 aromatic carbocycles. The fourth-order valence-corrected chi connectivity index (χ4v) is 2.56. The Balaban J connectivity index is 2.33. The van der Waals surface area contributed by atoms with Crippen LogP contribution in [0.15, 0.2) is 30.3 Å². The second-order valence-corrected chi connectivity index (χ2v) is 4.73. The minimum atomic E-state index is -0.758. The molecule has 0 spiro atoms. The maximum atomic E-state index is 12.6. The first-order valence-corrected chi connectivity index (χ1v) is 6.63. The number of benzene rings is 1. The summed E-state index contributed by atoms with van der Waals surface area (Å²) in [6.07, 6.45) is 0.760. The molecule has 6 nitrogen and oxygen atoms in total. The number of methoxy groups -OCH3 is 2. The zero-order valence-electron chi connectivity index (χ0n) is 11.9. The van der Waals surface area contributed by atoms with Crippen molar-refractivity contribution in [1.29, 1.82) is 0 Å². The summed E-state index contributed by atoms with van der Waals surface area (Å²) in [4.78, 5) is 37.6. The van der Waals surface area contributed by atoms with Crippen molar-refractivity contribution in [2.75, 3.05) is 14.2 Å². The van der Waals surface area contributed by atoms with Crippen LogP contribution in [0.2, 0.25) is 0 Å². The monoisotopic (exact) mass is 291 g/mol. The van der Waals surface area contributed by atoms with Crippen LogP contribution >= 0.6 is 0 Å². The van der Waals surface area contributed by atoms with Crippen molar-refractivity contribution in [2.24, 2.45) is 0 Å². The summed E-state index contributed by atoms with van der Waals surface area (Å²) < 4.78 is 9.45. The van der Waals surface area contributed by atoms with Gasteiger partial charge in [0.25, 0.3) is 5.91 Å². The number of ether oxygens (including phenoxy) is 2. The molecule has 1 heterocycles. The molecule has 1 aliphatic heterocycles. The van der Waals surface area contributed by atoms with Crippen molar-refractivity contribution in [3.63, 3.8) is 0 Å². The average Bonchev–Trinajstić information content (AvgIpc) is 2.98. The number of likely N-dealkylation sites (tertiary alicyclic amines) is 1. The van der Waals surface area contributed by atoms with Crippen LogP contribution in [-0.4, -0.2) is 49.0 Å². The third kappa shape index (κ3) is 2.89. The standard InChI is InChI=1S/C15H17NO5/c1-20-14(18)11-8-9-12(15(19)21-2)16(11)13(17)10-6-4-3-5-7-10/h3-7,11-12H,8-9H2,1-2H3/t11-,12-/m1/s1. The van der Waals surface area contributed by atoms with E-state index in [2.05, 4.69) is 0 Å². The molecule has 0 radical (unpaired) electrons. The van der Waals surface area contributed by atoms with Gasteiger partial charge >= 0.3 is 11.9 Å². The molecule has 0 bridgehead atoms. The molecule has 2 atom stereocenters. The Hall–Kier alpha value is -2.37. The first-order chi connectivity index (χ1) is 10.1. The summed E-state index contributed by atoms with van der Waals surface area (Å²) >= 11 is 0. The molecule has 0 unspecified atom stereocenters. The van der Waals surface area contributed by atoms with Crippen LogP contribution in [0.3, 0.4) is 0 Å². The van der Waals surface area contributed by atoms with E-state index >= 15 is 0 Å². The van der Waals surface area contributed by atoms with E-state index in [4.69, 9.17) is 9.47 Å². The highest BCUT2D eigenvalue weighted by molar-refractivity contribution is 6.00. The number of amides is 1. The zero-order chi connectivity index (χ0) is 15.4. The van der Waals surface area contributed by atoms with Gasteiger partial charge in [0.2, 0.25) is 0 Å². The predicted octanol–water partition coefficient (Wildman–Crippen LogP) is 1.01. The summed E-state index contributed by atoms with van der Waals surface area (Å²) in [5.74, 6) is -1.42. The Morgan fingerprint density at radius 2 is 1.43 bits per heavy atom. The van der Waals surface area contributed by atoms with Crippen molar-refractivity contribution >= 4 is 17.8 Å². The largest absolute Gasteiger partial charge is 0.467 e. The Morgan fingerprint density at radius 3 is 1.86 bits per heavy atom. The lowest BCUT2D eigenvalue weighted by Crippen LogP contribution is -2.48. The highest BCUT2D eigenvalue weighted by Gasteiger charge is 2.45. The van der Waals surface area contributed by atoms with Crippen LogP contribution in [0.1, 0.15) is 23.2 Å². The SMILES string of the molecule is COC(=O)[C@H]1CC[C@H](C(=O)OC)N1C(=O)c1ccccc1. The van der Waals surface area contributed by atoms with Gasteiger partial charge in [-0.1, -0.05) is 18.2 Å². The second kappa shape index (κ2) is 6.39. The van der Waals surface area contributed by atoms with Gasteiger partial charge in [-0.05, 0) is 25.0 Å². The molecule has 112 valence electrons. The van der Waals surface area contributed by atoms with E-state index in [1.54, 1.807) is 30.3 Å². The first kappa shape index (κ1) is 15.0. The van der Waals surface area contributed by atoms with Gasteiger partial charge in [0, 0.05) is 5.56 Å². The molecular formula is C15H17NO5. The Labute approximate surface area is 122 Å². The fraction of sp³-hybridized carbons (Fsp3) is 0.400. The van der Waals surface area contributed by atoms with Gasteiger partial charge in [-0.25, -0.2) is 9.59 Å². The van der Waals surface area contributed by atoms with Crippen LogP contribution < -0.4 is 0 Å². The van der Waals surface area contributed by atoms with Gasteiger partial charge in [-0.15, -0.1) is 0 Å². The number of hydrogen-bond acceptors (Lipinski definition) is 5. The van der Waals surface area contributed by atoms with Crippen LogP contribution in [0.4, 0.5) is 0 Å². The minimum absolute atomic E-state index is 0.376. The number of carbonyl (C=O) groups is 3. The van der Waals surface area contributed by atoms with E-state index in [1.807, 2.05) is 0 Å². The lowest BCUT2D eigenvalue weighted by atomic mass is 10.1. The van der Waals surface area contributed by atoms with E-state index in [0.29, 0.717) is 18.4 Å². The molecule has 21 heavy (non-hydrogen) atoms. The van der Waals surface area contributed by atoms with Crippen LogP contribution in [0.5, 0.6) is 0 Å². The molecular weight excluding hydrogens is 274 g/mol. The summed E-state index contributed by atoms with van der Waals surface area (Å²) in [5.41, 5.74) is 0.419. The minimum Gasteiger partial charge on any atom is -0.467 e. The van der Waals surface area contributed by atoms with Gasteiger partial charge in [0.1, 0.15) is 12.1 Å². The Bertz CT molecular complexity index is 518. The number of carbonyl (C=O) groups excluding carboxylic acids is 3. The molecule has 1 amide bonds. The van der Waals surface area contributed by atoms with Crippen molar-refractivity contribution in [2.45, 2.75) is 24.9 Å². The second-order valence-electron chi connectivity index (χ2n) is 4.73. The van der Waals surface area contributed by atoms with Crippen molar-refractivity contribution in [3.8, 4) is 0 Å². The predicted molar refractivity (Wildman–Crippen MR) is 73.5 cm³/mol. The molecule has 0 N–H and O–H groups in total. The van der Waals surface area contributed by atoms with Gasteiger partial charge in [-0.2, -0.15) is 0 Å². The number of hydrogen-bond donors (Lipinski definition) is 0. The fourth-order valence-electron chi connectivity index (χ4n) is 2.56. The molecule has 1 saturated heterocycles. The smallest absolute Gasteiger partial charge is 0.328 e. The van der Waals surface area contributed by atoms with E-state index < -0.39 is 24.0 Å². The van der Waals surface area contributed by atoms with Crippen molar-refractivity contribution in [3.05, 3.63) is 35.9 Å². The van der Waals surface area contributed by atoms with Gasteiger partial charge < -0.3 is 14.4 Å². The molecule has 1 fully saturated rings. The van der Waals surface area contributed by atoms with Gasteiger partial charge in [-0.3, -0.25) is 4.79 Å². The number of rotatable bonds is 3. The summed E-state index contributed by atoms with van der Waals surface area (Å²) in [7, 11) is 2.53. The summed E-state index contributed by atoms with van der Waals surface area (Å²) in [6, 6.07) is 7.01.